The Labute approximate surface area is 158 Å². The number of hydrogen-bond acceptors (Lipinski definition) is 6. The summed E-state index contributed by atoms with van der Waals surface area (Å²) in [5.41, 5.74) is 1.20. The molecule has 26 heavy (non-hydrogen) atoms. The smallest absolute Gasteiger partial charge is 0.411 e. The van der Waals surface area contributed by atoms with Crippen LogP contribution in [0.4, 0.5) is 10.5 Å². The molecule has 0 fully saturated rings. The Morgan fingerprint density at radius 1 is 1.35 bits per heavy atom. The molecular weight excluding hydrogens is 376 g/mol. The van der Waals surface area contributed by atoms with Gasteiger partial charge in [0.05, 0.1) is 11.6 Å². The Morgan fingerprint density at radius 3 is 2.96 bits per heavy atom. The molecule has 1 aromatic carbocycles. The van der Waals surface area contributed by atoms with Gasteiger partial charge in [0.2, 0.25) is 0 Å². The van der Waals surface area contributed by atoms with Gasteiger partial charge in [-0.3, -0.25) is 5.32 Å². The molecule has 1 N–H and O–H groups in total. The maximum Gasteiger partial charge on any atom is 0.411 e. The van der Waals surface area contributed by atoms with Gasteiger partial charge >= 0.3 is 11.7 Å². The SMILES string of the molecule is CCOC(=O)Nc1ccc2c(CSc3ncccc3Cl)cc(=O)oc2c1. The molecule has 2 aromatic heterocycles. The molecule has 0 spiro atoms. The van der Waals surface area contributed by atoms with Gasteiger partial charge in [-0.1, -0.05) is 11.6 Å². The van der Waals surface area contributed by atoms with Crippen molar-refractivity contribution in [3.05, 3.63) is 63.6 Å². The number of aromatic nitrogens is 1. The molecule has 8 heteroatoms. The number of carbonyl (C=O) groups excluding carboxylic acids is 1. The van der Waals surface area contributed by atoms with E-state index < -0.39 is 11.7 Å². The van der Waals surface area contributed by atoms with Crippen molar-refractivity contribution >= 4 is 46.1 Å². The molecule has 1 amide bonds. The second-order valence-electron chi connectivity index (χ2n) is 5.23. The topological polar surface area (TPSA) is 81.4 Å². The lowest BCUT2D eigenvalue weighted by molar-refractivity contribution is 0.168. The number of halogens is 1. The minimum atomic E-state index is -0.564. The Bertz CT molecular complexity index is 1010. The first-order valence-corrected chi connectivity index (χ1v) is 9.17. The molecule has 3 aromatic rings. The molecule has 0 radical (unpaired) electrons. The number of benzene rings is 1. The summed E-state index contributed by atoms with van der Waals surface area (Å²) in [4.78, 5) is 27.6. The number of nitrogens with zero attached hydrogens (tertiary/aromatic N) is 1. The van der Waals surface area contributed by atoms with Crippen molar-refractivity contribution < 1.29 is 13.9 Å². The van der Waals surface area contributed by atoms with Gasteiger partial charge in [0.15, 0.2) is 0 Å². The number of fused-ring (bicyclic) bond motifs is 1. The summed E-state index contributed by atoms with van der Waals surface area (Å²) >= 11 is 7.55. The molecule has 2 heterocycles. The first kappa shape index (κ1) is 18.3. The fourth-order valence-corrected chi connectivity index (χ4v) is 3.49. The van der Waals surface area contributed by atoms with Crippen molar-refractivity contribution in [1.29, 1.82) is 0 Å². The Kier molecular flexibility index (Phi) is 5.80. The van der Waals surface area contributed by atoms with Gasteiger partial charge in [0.25, 0.3) is 0 Å². The van der Waals surface area contributed by atoms with Crippen molar-refractivity contribution in [2.45, 2.75) is 17.7 Å². The maximum atomic E-state index is 11.9. The molecule has 0 aliphatic heterocycles. The van der Waals surface area contributed by atoms with Crippen LogP contribution < -0.4 is 10.9 Å². The predicted octanol–water partition coefficient (Wildman–Crippen LogP) is 4.70. The third-order valence-electron chi connectivity index (χ3n) is 3.44. The molecular formula is C18H15ClN2O4S. The molecule has 0 aliphatic rings. The largest absolute Gasteiger partial charge is 0.450 e. The minimum absolute atomic E-state index is 0.270. The number of nitrogens with one attached hydrogen (secondary N) is 1. The summed E-state index contributed by atoms with van der Waals surface area (Å²) < 4.78 is 10.1. The van der Waals surface area contributed by atoms with Crippen molar-refractivity contribution in [3.8, 4) is 0 Å². The summed E-state index contributed by atoms with van der Waals surface area (Å²) in [5, 5.41) is 4.61. The van der Waals surface area contributed by atoms with Crippen LogP contribution in [-0.2, 0) is 10.5 Å². The number of hydrogen-bond donors (Lipinski definition) is 1. The number of thioether (sulfide) groups is 1. The quantitative estimate of drug-likeness (QED) is 0.502. The minimum Gasteiger partial charge on any atom is -0.450 e. The lowest BCUT2D eigenvalue weighted by Gasteiger charge is -2.08. The first-order chi connectivity index (χ1) is 12.6. The van der Waals surface area contributed by atoms with E-state index >= 15 is 0 Å². The molecule has 0 unspecified atom stereocenters. The van der Waals surface area contributed by atoms with Crippen LogP contribution in [0.15, 0.2) is 56.8 Å². The second kappa shape index (κ2) is 8.25. The Hall–Kier alpha value is -2.51. The predicted molar refractivity (Wildman–Crippen MR) is 102 cm³/mol. The molecule has 0 bridgehead atoms. The third kappa shape index (κ3) is 4.36. The van der Waals surface area contributed by atoms with Crippen LogP contribution in [-0.4, -0.2) is 17.7 Å². The zero-order valence-corrected chi connectivity index (χ0v) is 15.4. The van der Waals surface area contributed by atoms with Crippen molar-refractivity contribution in [1.82, 2.24) is 4.98 Å². The fourth-order valence-electron chi connectivity index (χ4n) is 2.34. The van der Waals surface area contributed by atoms with Crippen LogP contribution in [0.2, 0.25) is 5.02 Å². The average Bonchev–Trinajstić information content (AvgIpc) is 2.60. The third-order valence-corrected chi connectivity index (χ3v) is 4.91. The van der Waals surface area contributed by atoms with E-state index in [1.807, 2.05) is 0 Å². The fraction of sp³-hybridized carbons (Fsp3) is 0.167. The second-order valence-corrected chi connectivity index (χ2v) is 6.60. The maximum absolute atomic E-state index is 11.9. The van der Waals surface area contributed by atoms with Gasteiger partial charge in [-0.25, -0.2) is 14.6 Å². The molecule has 0 saturated carbocycles. The van der Waals surface area contributed by atoms with Gasteiger partial charge in [0.1, 0.15) is 10.6 Å². The monoisotopic (exact) mass is 390 g/mol. The number of amides is 1. The van der Waals surface area contributed by atoms with E-state index in [1.165, 1.54) is 17.8 Å². The lowest BCUT2D eigenvalue weighted by Crippen LogP contribution is -2.13. The van der Waals surface area contributed by atoms with Gasteiger partial charge in [-0.2, -0.15) is 0 Å². The summed E-state index contributed by atoms with van der Waals surface area (Å²) in [6, 6.07) is 10.1. The van der Waals surface area contributed by atoms with Crippen LogP contribution in [0.25, 0.3) is 11.0 Å². The molecule has 0 aliphatic carbocycles. The summed E-state index contributed by atoms with van der Waals surface area (Å²) in [5.74, 6) is 0.503. The van der Waals surface area contributed by atoms with Crippen molar-refractivity contribution in [2.75, 3.05) is 11.9 Å². The first-order valence-electron chi connectivity index (χ1n) is 7.80. The Balaban J connectivity index is 1.87. The van der Waals surface area contributed by atoms with E-state index in [-0.39, 0.29) is 6.61 Å². The average molecular weight is 391 g/mol. The molecule has 6 nitrogen and oxygen atoms in total. The number of ether oxygens (including phenoxy) is 1. The van der Waals surface area contributed by atoms with E-state index in [9.17, 15) is 9.59 Å². The van der Waals surface area contributed by atoms with Crippen molar-refractivity contribution in [2.24, 2.45) is 0 Å². The lowest BCUT2D eigenvalue weighted by atomic mass is 10.1. The van der Waals surface area contributed by atoms with E-state index in [2.05, 4.69) is 10.3 Å². The van der Waals surface area contributed by atoms with Gasteiger partial charge in [-0.05, 0) is 36.8 Å². The van der Waals surface area contributed by atoms with Crippen LogP contribution in [0, 0.1) is 0 Å². The van der Waals surface area contributed by atoms with E-state index in [0.717, 1.165) is 10.9 Å². The van der Waals surface area contributed by atoms with E-state index in [0.29, 0.717) is 27.1 Å². The summed E-state index contributed by atoms with van der Waals surface area (Å²) in [6.07, 6.45) is 1.10. The molecule has 0 atom stereocenters. The highest BCUT2D eigenvalue weighted by molar-refractivity contribution is 7.98. The van der Waals surface area contributed by atoms with Gasteiger partial charge in [-0.15, -0.1) is 11.8 Å². The summed E-state index contributed by atoms with van der Waals surface area (Å²) in [6.45, 7) is 1.99. The number of anilines is 1. The van der Waals surface area contributed by atoms with Crippen LogP contribution in [0.3, 0.4) is 0 Å². The molecule has 0 saturated heterocycles. The normalized spacial score (nSPS) is 10.7. The Morgan fingerprint density at radius 2 is 2.19 bits per heavy atom. The van der Waals surface area contributed by atoms with Crippen LogP contribution in [0.1, 0.15) is 12.5 Å². The standard InChI is InChI=1S/C18H15ClN2O4S/c1-2-24-18(23)21-12-5-6-13-11(8-16(22)25-15(13)9-12)10-26-17-14(19)4-3-7-20-17/h3-9H,2,10H2,1H3,(H,21,23). The zero-order valence-electron chi connectivity index (χ0n) is 13.8. The van der Waals surface area contributed by atoms with E-state index in [4.69, 9.17) is 20.8 Å². The highest BCUT2D eigenvalue weighted by Gasteiger charge is 2.10. The molecule has 134 valence electrons. The van der Waals surface area contributed by atoms with Crippen LogP contribution in [0.5, 0.6) is 0 Å². The number of rotatable bonds is 5. The number of carbonyl (C=O) groups is 1. The van der Waals surface area contributed by atoms with Crippen molar-refractivity contribution in [3.63, 3.8) is 0 Å². The highest BCUT2D eigenvalue weighted by atomic mass is 35.5. The van der Waals surface area contributed by atoms with E-state index in [1.54, 1.807) is 43.5 Å². The number of pyridine rings is 1. The van der Waals surface area contributed by atoms with Gasteiger partial charge < -0.3 is 9.15 Å². The molecule has 3 rings (SSSR count). The van der Waals surface area contributed by atoms with Gasteiger partial charge in [0, 0.05) is 35.2 Å². The highest BCUT2D eigenvalue weighted by Crippen LogP contribution is 2.30. The zero-order chi connectivity index (χ0) is 18.5. The van der Waals surface area contributed by atoms with Crippen LogP contribution >= 0.6 is 23.4 Å². The summed E-state index contributed by atoms with van der Waals surface area (Å²) in [7, 11) is 0.